The van der Waals surface area contributed by atoms with Crippen LogP contribution in [0, 0.1) is 47.3 Å². The lowest BCUT2D eigenvalue weighted by Gasteiger charge is -2.59. The Balaban J connectivity index is 1.23. The molecule has 8 aliphatic carbocycles. The lowest BCUT2D eigenvalue weighted by molar-refractivity contribution is 0.0147. The van der Waals surface area contributed by atoms with E-state index in [1.165, 1.54) is 67.2 Å². The Hall–Kier alpha value is 0.430. The normalized spacial score (nSPS) is 64.0. The summed E-state index contributed by atoms with van der Waals surface area (Å²) in [6.45, 7) is 0. The molecule has 0 aromatic carbocycles. The van der Waals surface area contributed by atoms with Gasteiger partial charge in [-0.15, -0.1) is 8.58 Å². The van der Waals surface area contributed by atoms with Crippen molar-refractivity contribution >= 4 is 8.58 Å². The molecule has 0 nitrogen and oxygen atoms in total. The van der Waals surface area contributed by atoms with Gasteiger partial charge in [-0.1, -0.05) is 0 Å². The van der Waals surface area contributed by atoms with Crippen molar-refractivity contribution in [3.63, 3.8) is 0 Å². The second-order valence-corrected chi connectivity index (χ2v) is 11.7. The maximum absolute atomic E-state index is 1.65. The van der Waals surface area contributed by atoms with E-state index in [0.29, 0.717) is 0 Å². The van der Waals surface area contributed by atoms with Crippen molar-refractivity contribution in [2.45, 2.75) is 75.5 Å². The van der Waals surface area contributed by atoms with Gasteiger partial charge in [0.15, 0.2) is 0 Å². The van der Waals surface area contributed by atoms with Crippen molar-refractivity contribution in [1.82, 2.24) is 0 Å². The van der Waals surface area contributed by atoms with E-state index < -0.39 is 0 Å². The van der Waals surface area contributed by atoms with Crippen LogP contribution in [0.2, 0.25) is 0 Å². The van der Waals surface area contributed by atoms with Gasteiger partial charge in [0.25, 0.3) is 0 Å². The van der Waals surface area contributed by atoms with E-state index in [0.717, 1.165) is 0 Å². The van der Waals surface area contributed by atoms with Crippen molar-refractivity contribution in [1.29, 1.82) is 0 Å². The molecule has 21 heavy (non-hydrogen) atoms. The highest BCUT2D eigenvalue weighted by atomic mass is 31.1. The fourth-order valence-electron chi connectivity index (χ4n) is 8.62. The predicted octanol–water partition coefficient (Wildman–Crippen LogP) is 5.31. The van der Waals surface area contributed by atoms with E-state index in [-0.39, 0.29) is 0 Å². The number of hydrogen-bond acceptors (Lipinski definition) is 0. The van der Waals surface area contributed by atoms with Crippen LogP contribution in [0.4, 0.5) is 0 Å². The third-order valence-corrected chi connectivity index (χ3v) is 11.5. The average molecular weight is 302 g/mol. The summed E-state index contributed by atoms with van der Waals surface area (Å²) in [5, 5.41) is 0. The van der Waals surface area contributed by atoms with Crippen molar-refractivity contribution in [2.24, 2.45) is 47.3 Å². The molecule has 0 aromatic heterocycles. The van der Waals surface area contributed by atoms with Gasteiger partial charge in [0.05, 0.1) is 0 Å². The molecule has 8 aliphatic rings. The van der Waals surface area contributed by atoms with Crippen LogP contribution in [0.1, 0.15) is 64.2 Å². The second-order valence-electron chi connectivity index (χ2n) is 10.1. The van der Waals surface area contributed by atoms with Crippen LogP contribution in [0.3, 0.4) is 0 Å². The minimum atomic E-state index is 1.17. The molecule has 0 spiro atoms. The molecule has 0 saturated heterocycles. The van der Waals surface area contributed by atoms with Crippen molar-refractivity contribution in [3.8, 4) is 0 Å². The van der Waals surface area contributed by atoms with Crippen LogP contribution >= 0.6 is 8.58 Å². The molecule has 1 heteroatoms. The Morgan fingerprint density at radius 3 is 0.952 bits per heavy atom. The Kier molecular flexibility index (Phi) is 2.74. The van der Waals surface area contributed by atoms with Crippen LogP contribution in [-0.4, -0.2) is 11.3 Å². The molecule has 8 saturated carbocycles. The lowest BCUT2D eigenvalue weighted by atomic mass is 9.56. The van der Waals surface area contributed by atoms with E-state index in [9.17, 15) is 0 Å². The Morgan fingerprint density at radius 2 is 0.667 bits per heavy atom. The van der Waals surface area contributed by atoms with Crippen LogP contribution < -0.4 is 0 Å². The second kappa shape index (κ2) is 4.49. The Bertz CT molecular complexity index is 345. The molecule has 0 unspecified atom stereocenters. The first kappa shape index (κ1) is 12.8. The molecule has 8 fully saturated rings. The van der Waals surface area contributed by atoms with Gasteiger partial charge in [-0.25, -0.2) is 0 Å². The summed E-state index contributed by atoms with van der Waals surface area (Å²) >= 11 is 0. The molecule has 0 aromatic rings. The Morgan fingerprint density at radius 1 is 0.381 bits per heavy atom. The van der Waals surface area contributed by atoms with E-state index in [1.807, 2.05) is 0 Å². The highest BCUT2D eigenvalue weighted by molar-refractivity contribution is 7.39. The van der Waals surface area contributed by atoms with Crippen molar-refractivity contribution in [2.75, 3.05) is 0 Å². The van der Waals surface area contributed by atoms with E-state index in [1.54, 1.807) is 64.2 Å². The lowest BCUT2D eigenvalue weighted by Crippen LogP contribution is -2.50. The van der Waals surface area contributed by atoms with Gasteiger partial charge < -0.3 is 0 Å². The molecule has 0 atom stereocenters. The molecule has 0 amide bonds. The topological polar surface area (TPSA) is 0 Å². The van der Waals surface area contributed by atoms with Crippen LogP contribution in [0.15, 0.2) is 0 Å². The van der Waals surface area contributed by atoms with E-state index in [2.05, 4.69) is 0 Å². The first-order chi connectivity index (χ1) is 10.3. The molecule has 0 radical (unpaired) electrons. The summed E-state index contributed by atoms with van der Waals surface area (Å²) in [5.74, 6) is 9.46. The molecule has 116 valence electrons. The molecule has 8 bridgehead atoms. The summed E-state index contributed by atoms with van der Waals surface area (Å²) in [6.07, 6.45) is 16.5. The van der Waals surface area contributed by atoms with Crippen LogP contribution in [0.5, 0.6) is 0 Å². The number of rotatable bonds is 2. The van der Waals surface area contributed by atoms with Crippen LogP contribution in [-0.2, 0) is 0 Å². The summed E-state index contributed by atoms with van der Waals surface area (Å²) in [4.78, 5) is 0. The monoisotopic (exact) mass is 302 g/mol. The standard InChI is InChI=1S/C20H31P/c1-11-3-15-5-12(1)6-16(4-11)19(15)21-20-17-7-13-2-14(9-17)10-18(20)8-13/h11-21H,1-10H2. The quantitative estimate of drug-likeness (QED) is 0.606. The zero-order chi connectivity index (χ0) is 13.6. The largest absolute Gasteiger partial charge is 0.115 e. The predicted molar refractivity (Wildman–Crippen MR) is 90.0 cm³/mol. The van der Waals surface area contributed by atoms with Gasteiger partial charge in [0.1, 0.15) is 0 Å². The summed E-state index contributed by atoms with van der Waals surface area (Å²) in [6, 6.07) is 0. The van der Waals surface area contributed by atoms with Gasteiger partial charge in [0.2, 0.25) is 0 Å². The summed E-state index contributed by atoms with van der Waals surface area (Å²) in [5.41, 5.74) is 2.42. The number of hydrogen-bond donors (Lipinski definition) is 0. The van der Waals surface area contributed by atoms with E-state index in [4.69, 9.17) is 0 Å². The van der Waals surface area contributed by atoms with Crippen LogP contribution in [0.25, 0.3) is 0 Å². The first-order valence-corrected chi connectivity index (χ1v) is 11.2. The molecule has 8 rings (SSSR count). The van der Waals surface area contributed by atoms with Gasteiger partial charge in [0, 0.05) is 0 Å². The zero-order valence-corrected chi connectivity index (χ0v) is 14.3. The van der Waals surface area contributed by atoms with Gasteiger partial charge in [-0.05, 0) is 123 Å². The Labute approximate surface area is 132 Å². The fourth-order valence-corrected chi connectivity index (χ4v) is 11.2. The third-order valence-electron chi connectivity index (χ3n) is 8.84. The zero-order valence-electron chi connectivity index (χ0n) is 13.3. The van der Waals surface area contributed by atoms with Crippen molar-refractivity contribution < 1.29 is 0 Å². The molecule has 0 heterocycles. The molecule has 0 N–H and O–H groups in total. The average Bonchev–Trinajstić information content (AvgIpc) is 2.43. The smallest absolute Gasteiger partial charge is 0.0177 e. The molecular formula is C20H31P. The minimum Gasteiger partial charge on any atom is -0.115 e. The fraction of sp³-hybridized carbons (Fsp3) is 1.00. The molecular weight excluding hydrogens is 271 g/mol. The highest BCUT2D eigenvalue weighted by Crippen LogP contribution is 2.64. The minimum absolute atomic E-state index is 1.17. The highest BCUT2D eigenvalue weighted by Gasteiger charge is 2.52. The first-order valence-electron chi connectivity index (χ1n) is 10.1. The van der Waals surface area contributed by atoms with Gasteiger partial charge in [-0.3, -0.25) is 0 Å². The van der Waals surface area contributed by atoms with Gasteiger partial charge in [-0.2, -0.15) is 0 Å². The maximum atomic E-state index is 1.65. The summed E-state index contributed by atoms with van der Waals surface area (Å²) < 4.78 is 0. The third kappa shape index (κ3) is 1.90. The molecule has 0 aliphatic heterocycles. The maximum Gasteiger partial charge on any atom is -0.0177 e. The van der Waals surface area contributed by atoms with E-state index >= 15 is 0 Å². The summed E-state index contributed by atoms with van der Waals surface area (Å²) in [7, 11) is 1.39. The SMILES string of the molecule is C1C2CC3CC1CC(C2)C3PC1C2CC3CC(C2)CC1C3. The van der Waals surface area contributed by atoms with Gasteiger partial charge >= 0.3 is 0 Å². The van der Waals surface area contributed by atoms with Crippen molar-refractivity contribution in [3.05, 3.63) is 0 Å².